The van der Waals surface area contributed by atoms with Crippen molar-refractivity contribution in [3.05, 3.63) is 42.5 Å². The zero-order chi connectivity index (χ0) is 16.8. The van der Waals surface area contributed by atoms with Crippen LogP contribution in [-0.2, 0) is 9.59 Å². The van der Waals surface area contributed by atoms with E-state index in [1.54, 1.807) is 13.0 Å². The highest BCUT2D eigenvalue weighted by molar-refractivity contribution is 5.96. The molecule has 0 aliphatic carbocycles. The molecule has 0 unspecified atom stereocenters. The quantitative estimate of drug-likeness (QED) is 0.620. The maximum Gasteiger partial charge on any atom is 0.321 e. The van der Waals surface area contributed by atoms with Gasteiger partial charge in [0, 0.05) is 18.3 Å². The number of fused-ring (bicyclic) bond motifs is 1. The molecule has 0 saturated heterocycles. The van der Waals surface area contributed by atoms with Crippen molar-refractivity contribution in [3.63, 3.8) is 0 Å². The van der Waals surface area contributed by atoms with Gasteiger partial charge in [0.2, 0.25) is 5.91 Å². The summed E-state index contributed by atoms with van der Waals surface area (Å²) in [4.78, 5) is 23.3. The Hall–Kier alpha value is -2.44. The summed E-state index contributed by atoms with van der Waals surface area (Å²) >= 11 is 0. The second-order valence-electron chi connectivity index (χ2n) is 5.59. The van der Waals surface area contributed by atoms with Gasteiger partial charge in [-0.3, -0.25) is 9.59 Å². The van der Waals surface area contributed by atoms with Crippen LogP contribution >= 0.6 is 0 Å². The third-order valence-electron chi connectivity index (χ3n) is 3.41. The average Bonchev–Trinajstić information content (AvgIpc) is 2.50. The SMILES string of the molecule is C[C@H](N)CN[C@H](CC(=O)Nc1ccc2ccccc2c1)C(=O)O. The van der Waals surface area contributed by atoms with Crippen LogP contribution in [-0.4, -0.2) is 35.6 Å². The zero-order valence-electron chi connectivity index (χ0n) is 13.0. The molecular formula is C17H21N3O3. The predicted molar refractivity (Wildman–Crippen MR) is 90.3 cm³/mol. The fraction of sp³-hybridized carbons (Fsp3) is 0.294. The number of rotatable bonds is 7. The topological polar surface area (TPSA) is 104 Å². The molecule has 0 aliphatic heterocycles. The number of amides is 1. The summed E-state index contributed by atoms with van der Waals surface area (Å²) in [5.41, 5.74) is 6.24. The van der Waals surface area contributed by atoms with Crippen LogP contribution < -0.4 is 16.4 Å². The molecule has 0 aromatic heterocycles. The summed E-state index contributed by atoms with van der Waals surface area (Å²) < 4.78 is 0. The van der Waals surface area contributed by atoms with Crippen LogP contribution in [0.15, 0.2) is 42.5 Å². The molecule has 6 nitrogen and oxygen atoms in total. The average molecular weight is 315 g/mol. The van der Waals surface area contributed by atoms with E-state index in [1.807, 2.05) is 36.4 Å². The van der Waals surface area contributed by atoms with Crippen molar-refractivity contribution in [2.45, 2.75) is 25.4 Å². The monoisotopic (exact) mass is 315 g/mol. The molecule has 0 radical (unpaired) electrons. The molecule has 23 heavy (non-hydrogen) atoms. The standard InChI is InChI=1S/C17H21N3O3/c1-11(18)10-19-15(17(22)23)9-16(21)20-14-7-6-12-4-2-3-5-13(12)8-14/h2-8,11,15,19H,9-10,18H2,1H3,(H,20,21)(H,22,23)/t11-,15+/m0/s1. The van der Waals surface area contributed by atoms with E-state index in [-0.39, 0.29) is 18.4 Å². The maximum absolute atomic E-state index is 12.1. The van der Waals surface area contributed by atoms with E-state index in [1.165, 1.54) is 0 Å². The number of carboxylic acids is 1. The number of carboxylic acid groups (broad SMARTS) is 1. The van der Waals surface area contributed by atoms with Gasteiger partial charge < -0.3 is 21.5 Å². The van der Waals surface area contributed by atoms with Crippen molar-refractivity contribution >= 4 is 28.3 Å². The molecule has 0 aliphatic rings. The predicted octanol–water partition coefficient (Wildman–Crippen LogP) is 1.56. The molecule has 6 heteroatoms. The van der Waals surface area contributed by atoms with Gasteiger partial charge in [-0.05, 0) is 29.8 Å². The van der Waals surface area contributed by atoms with Crippen molar-refractivity contribution < 1.29 is 14.7 Å². The molecule has 0 heterocycles. The smallest absolute Gasteiger partial charge is 0.321 e. The minimum absolute atomic E-state index is 0.158. The number of carbonyl (C=O) groups excluding carboxylic acids is 1. The normalized spacial score (nSPS) is 13.5. The Morgan fingerprint density at radius 1 is 1.17 bits per heavy atom. The molecule has 122 valence electrons. The Kier molecular flexibility index (Phi) is 5.67. The van der Waals surface area contributed by atoms with Gasteiger partial charge in [0.1, 0.15) is 6.04 Å². The van der Waals surface area contributed by atoms with Gasteiger partial charge in [-0.15, -0.1) is 0 Å². The van der Waals surface area contributed by atoms with Crippen molar-refractivity contribution in [1.82, 2.24) is 5.32 Å². The van der Waals surface area contributed by atoms with E-state index in [9.17, 15) is 9.59 Å². The Balaban J connectivity index is 1.99. The van der Waals surface area contributed by atoms with E-state index in [0.29, 0.717) is 12.2 Å². The number of aliphatic carboxylic acids is 1. The number of anilines is 1. The highest BCUT2D eigenvalue weighted by Gasteiger charge is 2.21. The number of nitrogens with one attached hydrogen (secondary N) is 2. The summed E-state index contributed by atoms with van der Waals surface area (Å²) in [6.45, 7) is 2.10. The number of carbonyl (C=O) groups is 2. The number of hydrogen-bond donors (Lipinski definition) is 4. The lowest BCUT2D eigenvalue weighted by Crippen LogP contribution is -2.44. The molecule has 2 atom stereocenters. The highest BCUT2D eigenvalue weighted by atomic mass is 16.4. The van der Waals surface area contributed by atoms with E-state index in [4.69, 9.17) is 10.8 Å². The van der Waals surface area contributed by atoms with Gasteiger partial charge in [-0.25, -0.2) is 0 Å². The fourth-order valence-corrected chi connectivity index (χ4v) is 2.24. The minimum Gasteiger partial charge on any atom is -0.480 e. The van der Waals surface area contributed by atoms with E-state index in [2.05, 4.69) is 10.6 Å². The molecule has 0 fully saturated rings. The Morgan fingerprint density at radius 3 is 2.52 bits per heavy atom. The van der Waals surface area contributed by atoms with Crippen LogP contribution in [0.25, 0.3) is 10.8 Å². The lowest BCUT2D eigenvalue weighted by atomic mass is 10.1. The number of hydrogen-bond acceptors (Lipinski definition) is 4. The maximum atomic E-state index is 12.1. The molecule has 2 aromatic carbocycles. The van der Waals surface area contributed by atoms with Gasteiger partial charge in [-0.2, -0.15) is 0 Å². The van der Waals surface area contributed by atoms with Gasteiger partial charge in [0.25, 0.3) is 0 Å². The lowest BCUT2D eigenvalue weighted by molar-refractivity contribution is -0.141. The third-order valence-corrected chi connectivity index (χ3v) is 3.41. The Labute approximate surface area is 134 Å². The summed E-state index contributed by atoms with van der Waals surface area (Å²) in [5.74, 6) is -1.43. The first-order chi connectivity index (χ1) is 11.0. The molecule has 2 aromatic rings. The Bertz CT molecular complexity index is 700. The lowest BCUT2D eigenvalue weighted by Gasteiger charge is -2.16. The van der Waals surface area contributed by atoms with Crippen LogP contribution in [0.4, 0.5) is 5.69 Å². The van der Waals surface area contributed by atoms with Gasteiger partial charge in [0.05, 0.1) is 6.42 Å². The first-order valence-corrected chi connectivity index (χ1v) is 7.46. The molecule has 0 spiro atoms. The van der Waals surface area contributed by atoms with Crippen LogP contribution in [0.1, 0.15) is 13.3 Å². The molecular weight excluding hydrogens is 294 g/mol. The second-order valence-corrected chi connectivity index (χ2v) is 5.59. The highest BCUT2D eigenvalue weighted by Crippen LogP contribution is 2.19. The minimum atomic E-state index is -1.07. The van der Waals surface area contributed by atoms with Crippen molar-refractivity contribution in [3.8, 4) is 0 Å². The van der Waals surface area contributed by atoms with Gasteiger partial charge >= 0.3 is 5.97 Å². The summed E-state index contributed by atoms with van der Waals surface area (Å²) in [6, 6.07) is 12.2. The zero-order valence-corrected chi connectivity index (χ0v) is 13.0. The van der Waals surface area contributed by atoms with E-state index in [0.717, 1.165) is 10.8 Å². The number of nitrogens with two attached hydrogens (primary N) is 1. The van der Waals surface area contributed by atoms with E-state index >= 15 is 0 Å². The largest absolute Gasteiger partial charge is 0.480 e. The third kappa shape index (κ3) is 5.05. The number of benzene rings is 2. The first-order valence-electron chi connectivity index (χ1n) is 7.46. The van der Waals surface area contributed by atoms with Crippen LogP contribution in [0.2, 0.25) is 0 Å². The molecule has 2 rings (SSSR count). The molecule has 5 N–H and O–H groups in total. The van der Waals surface area contributed by atoms with Crippen molar-refractivity contribution in [2.24, 2.45) is 5.73 Å². The van der Waals surface area contributed by atoms with Crippen molar-refractivity contribution in [2.75, 3.05) is 11.9 Å². The van der Waals surface area contributed by atoms with E-state index < -0.39 is 12.0 Å². The van der Waals surface area contributed by atoms with Gasteiger partial charge in [0.15, 0.2) is 0 Å². The van der Waals surface area contributed by atoms with Gasteiger partial charge in [-0.1, -0.05) is 30.3 Å². The van der Waals surface area contributed by atoms with Crippen molar-refractivity contribution in [1.29, 1.82) is 0 Å². The van der Waals surface area contributed by atoms with Crippen LogP contribution in [0.3, 0.4) is 0 Å². The summed E-state index contributed by atoms with van der Waals surface area (Å²) in [5, 5.41) is 16.8. The second kappa shape index (κ2) is 7.71. The summed E-state index contributed by atoms with van der Waals surface area (Å²) in [7, 11) is 0. The Morgan fingerprint density at radius 2 is 1.87 bits per heavy atom. The van der Waals surface area contributed by atoms with Crippen LogP contribution in [0, 0.1) is 0 Å². The molecule has 1 amide bonds. The van der Waals surface area contributed by atoms with Crippen LogP contribution in [0.5, 0.6) is 0 Å². The summed E-state index contributed by atoms with van der Waals surface area (Å²) in [6.07, 6.45) is -0.158. The molecule has 0 saturated carbocycles. The fourth-order valence-electron chi connectivity index (χ4n) is 2.24. The first kappa shape index (κ1) is 16.9. The molecule has 0 bridgehead atoms.